The van der Waals surface area contributed by atoms with Crippen molar-refractivity contribution < 1.29 is 13.9 Å². The van der Waals surface area contributed by atoms with Crippen molar-refractivity contribution in [1.82, 2.24) is 15.0 Å². The molecule has 0 amide bonds. The molecule has 0 saturated carbocycles. The number of oxazole rings is 1. The van der Waals surface area contributed by atoms with Gasteiger partial charge in [0.2, 0.25) is 5.89 Å². The lowest BCUT2D eigenvalue weighted by atomic mass is 10.2. The molecule has 0 fully saturated rings. The number of rotatable bonds is 5. The van der Waals surface area contributed by atoms with Gasteiger partial charge in [-0.15, -0.1) is 11.3 Å². The van der Waals surface area contributed by atoms with Crippen LogP contribution in [0, 0.1) is 0 Å². The minimum atomic E-state index is -0.481. The maximum Gasteiger partial charge on any atom is 0.360 e. The lowest BCUT2D eigenvalue weighted by Gasteiger charge is -1.99. The molecule has 0 atom stereocenters. The van der Waals surface area contributed by atoms with E-state index in [1.165, 1.54) is 6.26 Å². The maximum absolute atomic E-state index is 11.5. The Morgan fingerprint density at radius 2 is 2.27 bits per heavy atom. The molecule has 0 radical (unpaired) electrons. The summed E-state index contributed by atoms with van der Waals surface area (Å²) in [6.07, 6.45) is 5.32. The van der Waals surface area contributed by atoms with Gasteiger partial charge in [0.05, 0.1) is 23.4 Å². The third kappa shape index (κ3) is 3.20. The summed E-state index contributed by atoms with van der Waals surface area (Å²) >= 11 is 1.56. The molecule has 0 spiro atoms. The van der Waals surface area contributed by atoms with Gasteiger partial charge in [-0.2, -0.15) is 0 Å². The monoisotopic (exact) mass is 315 g/mol. The maximum atomic E-state index is 11.5. The smallest absolute Gasteiger partial charge is 0.360 e. The fourth-order valence-corrected chi connectivity index (χ4v) is 2.49. The molecular formula is C15H13N3O3S. The summed E-state index contributed by atoms with van der Waals surface area (Å²) in [6, 6.07) is 3.88. The van der Waals surface area contributed by atoms with Gasteiger partial charge in [0.25, 0.3) is 0 Å². The first-order valence-corrected chi connectivity index (χ1v) is 7.59. The van der Waals surface area contributed by atoms with Crippen LogP contribution in [0.3, 0.4) is 0 Å². The van der Waals surface area contributed by atoms with Crippen molar-refractivity contribution in [3.63, 3.8) is 0 Å². The van der Waals surface area contributed by atoms with E-state index in [2.05, 4.69) is 15.0 Å². The van der Waals surface area contributed by atoms with Gasteiger partial charge in [0.1, 0.15) is 6.26 Å². The van der Waals surface area contributed by atoms with Crippen LogP contribution < -0.4 is 0 Å². The Balaban J connectivity index is 1.70. The van der Waals surface area contributed by atoms with Crippen LogP contribution in [0.15, 0.2) is 40.7 Å². The molecule has 0 N–H and O–H groups in total. The largest absolute Gasteiger partial charge is 0.461 e. The number of carbonyl (C=O) groups excluding carboxylic acids is 1. The second kappa shape index (κ2) is 6.48. The van der Waals surface area contributed by atoms with Crippen molar-refractivity contribution in [2.45, 2.75) is 13.3 Å². The molecule has 0 aliphatic heterocycles. The van der Waals surface area contributed by atoms with Crippen molar-refractivity contribution in [2.75, 3.05) is 6.61 Å². The van der Waals surface area contributed by atoms with Gasteiger partial charge in [-0.3, -0.25) is 9.97 Å². The molecule has 3 rings (SSSR count). The average Bonchev–Trinajstić information content (AvgIpc) is 3.19. The lowest BCUT2D eigenvalue weighted by Crippen LogP contribution is -2.05. The highest BCUT2D eigenvalue weighted by Gasteiger charge is 2.13. The highest BCUT2D eigenvalue weighted by Crippen LogP contribution is 2.22. The van der Waals surface area contributed by atoms with Gasteiger partial charge in [-0.1, -0.05) is 6.07 Å². The number of nitrogens with zero attached hydrogens (tertiary/aromatic N) is 3. The first-order chi connectivity index (χ1) is 10.8. The summed E-state index contributed by atoms with van der Waals surface area (Å²) in [4.78, 5) is 25.1. The van der Waals surface area contributed by atoms with E-state index in [-0.39, 0.29) is 5.69 Å². The molecular weight excluding hydrogens is 302 g/mol. The van der Waals surface area contributed by atoms with Crippen LogP contribution in [0.5, 0.6) is 0 Å². The third-order valence-electron chi connectivity index (χ3n) is 2.91. The van der Waals surface area contributed by atoms with Crippen LogP contribution in [-0.4, -0.2) is 27.5 Å². The van der Waals surface area contributed by atoms with E-state index in [1.807, 2.05) is 12.1 Å². The molecule has 3 aromatic rings. The molecule has 0 aromatic carbocycles. The lowest BCUT2D eigenvalue weighted by molar-refractivity contribution is 0.0519. The Hall–Kier alpha value is -2.54. The number of esters is 1. The molecule has 0 saturated heterocycles. The standard InChI is InChI=1S/C15H13N3O3S/c1-2-20-15(19)12-8-21-14(18-12)5-11-4-3-10(6-17-11)13-7-16-9-22-13/h3-4,6-9H,2,5H2,1H3. The Bertz CT molecular complexity index is 751. The molecule has 3 heterocycles. The van der Waals surface area contributed by atoms with E-state index in [1.54, 1.807) is 36.2 Å². The van der Waals surface area contributed by atoms with Gasteiger partial charge in [-0.25, -0.2) is 9.78 Å². The van der Waals surface area contributed by atoms with Crippen molar-refractivity contribution in [2.24, 2.45) is 0 Å². The number of thiazole rings is 1. The van der Waals surface area contributed by atoms with E-state index < -0.39 is 5.97 Å². The summed E-state index contributed by atoms with van der Waals surface area (Å²) in [5, 5.41) is 0. The fourth-order valence-electron chi connectivity index (χ4n) is 1.88. The van der Waals surface area contributed by atoms with Crippen LogP contribution in [-0.2, 0) is 11.2 Å². The predicted molar refractivity (Wildman–Crippen MR) is 80.6 cm³/mol. The second-order valence-electron chi connectivity index (χ2n) is 4.43. The van der Waals surface area contributed by atoms with Crippen molar-refractivity contribution in [1.29, 1.82) is 0 Å². The van der Waals surface area contributed by atoms with Gasteiger partial charge < -0.3 is 9.15 Å². The highest BCUT2D eigenvalue weighted by atomic mass is 32.1. The SMILES string of the molecule is CCOC(=O)c1coc(Cc2ccc(-c3cncs3)cn2)n1. The zero-order valence-corrected chi connectivity index (χ0v) is 12.7. The summed E-state index contributed by atoms with van der Waals surface area (Å²) in [5.74, 6) is -0.0490. The number of aromatic nitrogens is 3. The Morgan fingerprint density at radius 1 is 1.36 bits per heavy atom. The Morgan fingerprint density at radius 3 is 2.95 bits per heavy atom. The van der Waals surface area contributed by atoms with Crippen LogP contribution in [0.2, 0.25) is 0 Å². The quantitative estimate of drug-likeness (QED) is 0.674. The van der Waals surface area contributed by atoms with Gasteiger partial charge >= 0.3 is 5.97 Å². The molecule has 3 aromatic heterocycles. The van der Waals surface area contributed by atoms with Crippen LogP contribution in [0.25, 0.3) is 10.4 Å². The zero-order valence-electron chi connectivity index (χ0n) is 11.9. The minimum Gasteiger partial charge on any atom is -0.461 e. The molecule has 0 aliphatic carbocycles. The number of carbonyl (C=O) groups is 1. The number of ether oxygens (including phenoxy) is 1. The van der Waals surface area contributed by atoms with E-state index >= 15 is 0 Å². The normalized spacial score (nSPS) is 10.6. The van der Waals surface area contributed by atoms with Gasteiger partial charge in [0, 0.05) is 23.7 Å². The van der Waals surface area contributed by atoms with E-state index in [0.717, 1.165) is 16.1 Å². The Labute approximate surface area is 130 Å². The Kier molecular flexibility index (Phi) is 4.24. The number of pyridine rings is 1. The van der Waals surface area contributed by atoms with Gasteiger partial charge in [-0.05, 0) is 13.0 Å². The van der Waals surface area contributed by atoms with Crippen molar-refractivity contribution in [3.8, 4) is 10.4 Å². The first-order valence-electron chi connectivity index (χ1n) is 6.71. The molecule has 6 nitrogen and oxygen atoms in total. The topological polar surface area (TPSA) is 78.1 Å². The molecule has 0 unspecified atom stereocenters. The fraction of sp³-hybridized carbons (Fsp3) is 0.200. The second-order valence-corrected chi connectivity index (χ2v) is 5.31. The molecule has 112 valence electrons. The molecule has 7 heteroatoms. The predicted octanol–water partition coefficient (Wildman–Crippen LogP) is 2.96. The van der Waals surface area contributed by atoms with Crippen molar-refractivity contribution in [3.05, 3.63) is 53.6 Å². The van der Waals surface area contributed by atoms with E-state index in [0.29, 0.717) is 18.9 Å². The number of hydrogen-bond donors (Lipinski definition) is 0. The third-order valence-corrected chi connectivity index (χ3v) is 3.73. The summed E-state index contributed by atoms with van der Waals surface area (Å²) < 4.78 is 10.1. The zero-order chi connectivity index (χ0) is 15.4. The van der Waals surface area contributed by atoms with Crippen LogP contribution >= 0.6 is 11.3 Å². The van der Waals surface area contributed by atoms with Gasteiger partial charge in [0.15, 0.2) is 5.69 Å². The highest BCUT2D eigenvalue weighted by molar-refractivity contribution is 7.13. The van der Waals surface area contributed by atoms with E-state index in [9.17, 15) is 4.79 Å². The molecule has 0 aliphatic rings. The average molecular weight is 315 g/mol. The minimum absolute atomic E-state index is 0.179. The van der Waals surface area contributed by atoms with Crippen LogP contribution in [0.4, 0.5) is 0 Å². The molecule has 0 bridgehead atoms. The van der Waals surface area contributed by atoms with E-state index in [4.69, 9.17) is 9.15 Å². The first kappa shape index (κ1) is 14.4. The molecule has 22 heavy (non-hydrogen) atoms. The summed E-state index contributed by atoms with van der Waals surface area (Å²) in [5.41, 5.74) is 3.79. The number of hydrogen-bond acceptors (Lipinski definition) is 7. The summed E-state index contributed by atoms with van der Waals surface area (Å²) in [7, 11) is 0. The van der Waals surface area contributed by atoms with Crippen LogP contribution in [0.1, 0.15) is 29.0 Å². The summed E-state index contributed by atoms with van der Waals surface area (Å²) in [6.45, 7) is 2.05. The van der Waals surface area contributed by atoms with Crippen molar-refractivity contribution >= 4 is 17.3 Å².